The number of hydrogen-bond donors (Lipinski definition) is 1. The summed E-state index contributed by atoms with van der Waals surface area (Å²) in [6.07, 6.45) is 0.155. The molecule has 0 saturated carbocycles. The lowest BCUT2D eigenvalue weighted by Gasteiger charge is -2.19. The van der Waals surface area contributed by atoms with Gasteiger partial charge in [-0.3, -0.25) is 0 Å². The molecular weight excluding hydrogens is 613 g/mol. The van der Waals surface area contributed by atoms with Crippen molar-refractivity contribution in [3.63, 3.8) is 0 Å². The third-order valence-electron chi connectivity index (χ3n) is 7.45. The molecule has 0 radical (unpaired) electrons. The molecule has 3 aromatic carbocycles. The number of carbonyl (C=O) groups is 1. The summed E-state index contributed by atoms with van der Waals surface area (Å²) < 4.78 is 37.8. The summed E-state index contributed by atoms with van der Waals surface area (Å²) in [5, 5.41) is 11.7. The van der Waals surface area contributed by atoms with Crippen molar-refractivity contribution in [1.29, 1.82) is 0 Å². The number of aromatic hydroxyl groups is 1. The van der Waals surface area contributed by atoms with Crippen LogP contribution in [0.5, 0.6) is 17.5 Å². The van der Waals surface area contributed by atoms with Crippen LogP contribution in [-0.2, 0) is 16.0 Å². The lowest BCUT2D eigenvalue weighted by molar-refractivity contribution is -0.151. The van der Waals surface area contributed by atoms with Crippen molar-refractivity contribution in [3.8, 4) is 40.0 Å². The molecule has 9 nitrogen and oxygen atoms in total. The highest BCUT2D eigenvalue weighted by atomic mass is 35.5. The zero-order chi connectivity index (χ0) is 32.4. The van der Waals surface area contributed by atoms with Crippen molar-refractivity contribution in [2.24, 2.45) is 0 Å². The zero-order valence-electron chi connectivity index (χ0n) is 25.2. The molecule has 0 aliphatic heterocycles. The molecule has 3 aromatic heterocycles. The molecule has 0 fully saturated rings. The highest BCUT2D eigenvalue weighted by Gasteiger charge is 2.30. The number of para-hydroxylation sites is 1. The topological polar surface area (TPSA) is 117 Å². The number of pyridine rings is 1. The summed E-state index contributed by atoms with van der Waals surface area (Å²) in [4.78, 5) is 26.9. The standard InChI is InChI=1S/C35H29ClFN3O6/c1-4-43-32-22(16-21-8-6-7-9-25(21)40-32)17-27(35(42)44-5-2)45-33-29-28(24-14-15-26(41)30(36)19(24)3)31(46-34(29)39-18-38-33)20-10-12-23(37)13-11-20/h6-16,18,27,41H,4-5,17H2,1-3H3. The molecule has 6 aromatic rings. The Labute approximate surface area is 268 Å². The Morgan fingerprint density at radius 1 is 1.02 bits per heavy atom. The van der Waals surface area contributed by atoms with Crippen LogP contribution in [0.2, 0.25) is 5.02 Å². The molecule has 1 N–H and O–H groups in total. The third-order valence-corrected chi connectivity index (χ3v) is 7.93. The second-order valence-corrected chi connectivity index (χ2v) is 10.8. The van der Waals surface area contributed by atoms with Crippen LogP contribution in [-0.4, -0.2) is 45.3 Å². The normalized spacial score (nSPS) is 11.9. The van der Waals surface area contributed by atoms with Gasteiger partial charge in [-0.05, 0) is 74.4 Å². The minimum Gasteiger partial charge on any atom is -0.506 e. The number of rotatable bonds is 10. The van der Waals surface area contributed by atoms with Gasteiger partial charge in [-0.2, -0.15) is 0 Å². The Kier molecular flexibility index (Phi) is 8.72. The van der Waals surface area contributed by atoms with Crippen LogP contribution in [0, 0.1) is 12.7 Å². The number of phenols is 1. The number of carbonyl (C=O) groups excluding carboxylic acids is 1. The number of aromatic nitrogens is 3. The van der Waals surface area contributed by atoms with E-state index in [1.165, 1.54) is 24.5 Å². The van der Waals surface area contributed by atoms with Crippen molar-refractivity contribution < 1.29 is 32.9 Å². The fourth-order valence-corrected chi connectivity index (χ4v) is 5.46. The number of benzene rings is 3. The van der Waals surface area contributed by atoms with Crippen LogP contribution < -0.4 is 9.47 Å². The second-order valence-electron chi connectivity index (χ2n) is 10.4. The summed E-state index contributed by atoms with van der Waals surface area (Å²) in [6, 6.07) is 18.4. The van der Waals surface area contributed by atoms with Crippen LogP contribution in [0.1, 0.15) is 25.0 Å². The summed E-state index contributed by atoms with van der Waals surface area (Å²) in [5.41, 5.74) is 3.73. The van der Waals surface area contributed by atoms with Crippen molar-refractivity contribution in [3.05, 3.63) is 95.0 Å². The van der Waals surface area contributed by atoms with Crippen LogP contribution in [0.15, 0.2) is 77.5 Å². The first-order chi connectivity index (χ1) is 22.3. The van der Waals surface area contributed by atoms with Gasteiger partial charge in [0.25, 0.3) is 0 Å². The summed E-state index contributed by atoms with van der Waals surface area (Å²) in [6.45, 7) is 5.81. The van der Waals surface area contributed by atoms with E-state index in [9.17, 15) is 14.3 Å². The predicted octanol–water partition coefficient (Wildman–Crippen LogP) is 7.86. The van der Waals surface area contributed by atoms with Crippen LogP contribution in [0.4, 0.5) is 4.39 Å². The minimum absolute atomic E-state index is 0.0467. The first-order valence-electron chi connectivity index (χ1n) is 14.7. The molecule has 0 saturated heterocycles. The maximum atomic E-state index is 13.9. The summed E-state index contributed by atoms with van der Waals surface area (Å²) in [5.74, 6) is -0.355. The highest BCUT2D eigenvalue weighted by Crippen LogP contribution is 2.46. The van der Waals surface area contributed by atoms with Gasteiger partial charge in [0.1, 0.15) is 29.0 Å². The van der Waals surface area contributed by atoms with Gasteiger partial charge in [-0.25, -0.2) is 24.1 Å². The number of nitrogens with zero attached hydrogens (tertiary/aromatic N) is 3. The zero-order valence-corrected chi connectivity index (χ0v) is 26.0. The number of ether oxygens (including phenoxy) is 3. The van der Waals surface area contributed by atoms with Crippen LogP contribution in [0.25, 0.3) is 44.5 Å². The average molecular weight is 642 g/mol. The van der Waals surface area contributed by atoms with E-state index in [1.807, 2.05) is 37.3 Å². The lowest BCUT2D eigenvalue weighted by atomic mass is 9.95. The van der Waals surface area contributed by atoms with E-state index in [0.717, 1.165) is 10.9 Å². The molecule has 0 aliphatic carbocycles. The van der Waals surface area contributed by atoms with Gasteiger partial charge in [0.05, 0.1) is 23.8 Å². The van der Waals surface area contributed by atoms with E-state index in [4.69, 9.17) is 30.2 Å². The van der Waals surface area contributed by atoms with Gasteiger partial charge in [0.2, 0.25) is 23.6 Å². The van der Waals surface area contributed by atoms with Gasteiger partial charge in [-0.1, -0.05) is 35.9 Å². The molecule has 0 bridgehead atoms. The Balaban J connectivity index is 1.52. The Bertz CT molecular complexity index is 2060. The van der Waals surface area contributed by atoms with Crippen molar-refractivity contribution in [1.82, 2.24) is 15.0 Å². The van der Waals surface area contributed by atoms with Gasteiger partial charge in [0.15, 0.2) is 0 Å². The SMILES string of the molecule is CCOC(=O)C(Cc1cc2ccccc2nc1OCC)Oc1ncnc2oc(-c3ccc(F)cc3)c(-c3ccc(O)c(Cl)c3C)c12. The predicted molar refractivity (Wildman–Crippen MR) is 172 cm³/mol. The van der Waals surface area contributed by atoms with Crippen LogP contribution in [0.3, 0.4) is 0 Å². The number of hydrogen-bond acceptors (Lipinski definition) is 9. The largest absolute Gasteiger partial charge is 0.506 e. The van der Waals surface area contributed by atoms with Gasteiger partial charge < -0.3 is 23.7 Å². The van der Waals surface area contributed by atoms with Gasteiger partial charge in [0, 0.05) is 28.5 Å². The Morgan fingerprint density at radius 3 is 2.57 bits per heavy atom. The van der Waals surface area contributed by atoms with E-state index in [2.05, 4.69) is 15.0 Å². The van der Waals surface area contributed by atoms with E-state index >= 15 is 0 Å². The number of phenolic OH excluding ortho intramolecular Hbond substituents is 1. The quantitative estimate of drug-likeness (QED) is 0.149. The number of furan rings is 1. The first-order valence-corrected chi connectivity index (χ1v) is 15.0. The molecule has 3 heterocycles. The van der Waals surface area contributed by atoms with Gasteiger partial charge >= 0.3 is 5.97 Å². The first kappa shape index (κ1) is 30.8. The second kappa shape index (κ2) is 13.0. The number of fused-ring (bicyclic) bond motifs is 2. The maximum Gasteiger partial charge on any atom is 0.347 e. The molecule has 1 unspecified atom stereocenters. The fourth-order valence-electron chi connectivity index (χ4n) is 5.29. The summed E-state index contributed by atoms with van der Waals surface area (Å²) >= 11 is 6.47. The van der Waals surface area contributed by atoms with Gasteiger partial charge in [-0.15, -0.1) is 0 Å². The third kappa shape index (κ3) is 5.91. The van der Waals surface area contributed by atoms with Crippen molar-refractivity contribution in [2.45, 2.75) is 33.3 Å². The van der Waals surface area contributed by atoms with E-state index in [1.54, 1.807) is 32.0 Å². The summed E-state index contributed by atoms with van der Waals surface area (Å²) in [7, 11) is 0. The lowest BCUT2D eigenvalue weighted by Crippen LogP contribution is -2.32. The monoisotopic (exact) mass is 641 g/mol. The van der Waals surface area contributed by atoms with Crippen LogP contribution >= 0.6 is 11.6 Å². The van der Waals surface area contributed by atoms with Crippen molar-refractivity contribution in [2.75, 3.05) is 13.2 Å². The Morgan fingerprint density at radius 2 is 1.80 bits per heavy atom. The number of esters is 1. The molecular formula is C35H29ClFN3O6. The molecule has 11 heteroatoms. The minimum atomic E-state index is -1.17. The Hall–Kier alpha value is -5.22. The molecule has 0 aliphatic rings. The number of halogens is 2. The smallest absolute Gasteiger partial charge is 0.347 e. The molecule has 234 valence electrons. The van der Waals surface area contributed by atoms with E-state index in [0.29, 0.717) is 51.5 Å². The molecule has 6 rings (SSSR count). The molecule has 0 spiro atoms. The molecule has 0 amide bonds. The van der Waals surface area contributed by atoms with E-state index in [-0.39, 0.29) is 35.4 Å². The average Bonchev–Trinajstić information content (AvgIpc) is 3.44. The maximum absolute atomic E-state index is 13.9. The van der Waals surface area contributed by atoms with E-state index < -0.39 is 17.9 Å². The van der Waals surface area contributed by atoms with Crippen molar-refractivity contribution >= 4 is 39.6 Å². The highest BCUT2D eigenvalue weighted by molar-refractivity contribution is 6.33. The fraction of sp³-hybridized carbons (Fsp3) is 0.200. The molecule has 1 atom stereocenters. The molecule has 46 heavy (non-hydrogen) atoms.